The van der Waals surface area contributed by atoms with E-state index in [0.717, 1.165) is 30.7 Å². The molecule has 2 saturated heterocycles. The lowest BCUT2D eigenvalue weighted by Crippen LogP contribution is -2.66. The zero-order valence-corrected chi connectivity index (χ0v) is 17.3. The lowest BCUT2D eigenvalue weighted by Gasteiger charge is -2.47. The topological polar surface area (TPSA) is 40.6 Å². The van der Waals surface area contributed by atoms with Crippen LogP contribution in [0.15, 0.2) is 0 Å². The summed E-state index contributed by atoms with van der Waals surface area (Å²) in [7, 11) is 2.22. The molecule has 0 bridgehead atoms. The van der Waals surface area contributed by atoms with Crippen LogP contribution in [0.1, 0.15) is 55.4 Å². The van der Waals surface area contributed by atoms with E-state index in [4.69, 9.17) is 0 Å². The fourth-order valence-corrected chi connectivity index (χ4v) is 3.49. The molecule has 0 saturated carbocycles. The van der Waals surface area contributed by atoms with E-state index in [0.29, 0.717) is 6.54 Å². The van der Waals surface area contributed by atoms with Gasteiger partial charge in [-0.2, -0.15) is 0 Å². The molecule has 0 aromatic carbocycles. The molecule has 2 heterocycles. The first-order chi connectivity index (χ1) is 10.9. The summed E-state index contributed by atoms with van der Waals surface area (Å²) in [5.74, 6) is 0.387. The smallest absolute Gasteiger partial charge is 0.232 e. The minimum Gasteiger partial charge on any atom is -0.329 e. The van der Waals surface area contributed by atoms with Crippen molar-refractivity contribution in [2.45, 2.75) is 61.6 Å². The average Bonchev–Trinajstić information content (AvgIpc) is 2.82. The second kappa shape index (κ2) is 7.03. The predicted molar refractivity (Wildman–Crippen MR) is 98.3 cm³/mol. The Balaban J connectivity index is 0.00000139. The first-order valence-corrected chi connectivity index (χ1v) is 9.31. The monoisotopic (exact) mass is 340 g/mol. The third-order valence-electron chi connectivity index (χ3n) is 5.03. The summed E-state index contributed by atoms with van der Waals surface area (Å²) in [6.07, 6.45) is 0.103. The Hall–Kier alpha value is -1.10. The van der Waals surface area contributed by atoms with E-state index in [1.165, 1.54) is 0 Å². The van der Waals surface area contributed by atoms with Crippen molar-refractivity contribution in [3.8, 4) is 0 Å². The number of piperazine rings is 1. The van der Waals surface area contributed by atoms with E-state index in [-0.39, 0.29) is 28.8 Å². The third-order valence-corrected chi connectivity index (χ3v) is 5.03. The van der Waals surface area contributed by atoms with Gasteiger partial charge in [0.2, 0.25) is 11.8 Å². The molecule has 2 fully saturated rings. The Bertz CT molecular complexity index is 476. The van der Waals surface area contributed by atoms with Crippen LogP contribution in [0.5, 0.6) is 0 Å². The largest absolute Gasteiger partial charge is 0.329 e. The lowest BCUT2D eigenvalue weighted by atomic mass is 9.93. The Labute approximate surface area is 148 Å². The molecule has 2 rings (SSSR count). The van der Waals surface area contributed by atoms with Crippen LogP contribution in [0.2, 0.25) is 0 Å². The van der Waals surface area contributed by atoms with Gasteiger partial charge in [0.1, 0.15) is 0 Å². The van der Waals surface area contributed by atoms with Gasteiger partial charge in [-0.05, 0) is 0 Å². The molecule has 140 valence electrons. The number of amides is 2. The van der Waals surface area contributed by atoms with Gasteiger partial charge in [0.15, 0.2) is 6.17 Å². The molecule has 2 amide bonds. The van der Waals surface area contributed by atoms with Gasteiger partial charge in [0, 0.05) is 10.8 Å². The van der Waals surface area contributed by atoms with Gasteiger partial charge in [-0.3, -0.25) is 14.5 Å². The fraction of sp³-hybridized carbons (Fsp3) is 0.895. The number of nitrogens with zero attached hydrogens (tertiary/aromatic N) is 3. The summed E-state index contributed by atoms with van der Waals surface area (Å²) >= 11 is 0. The van der Waals surface area contributed by atoms with Gasteiger partial charge in [-0.1, -0.05) is 55.4 Å². The molecule has 24 heavy (non-hydrogen) atoms. The Morgan fingerprint density at radius 1 is 0.875 bits per heavy atom. The fourth-order valence-electron chi connectivity index (χ4n) is 3.49. The maximum Gasteiger partial charge on any atom is 0.232 e. The Morgan fingerprint density at radius 2 is 1.33 bits per heavy atom. The molecule has 2 aliphatic rings. The first-order valence-electron chi connectivity index (χ1n) is 9.31. The summed E-state index contributed by atoms with van der Waals surface area (Å²) in [5.41, 5.74) is -0.732. The molecule has 2 atom stereocenters. The molecule has 5 heteroatoms. The number of quaternary nitrogens is 1. The van der Waals surface area contributed by atoms with Gasteiger partial charge in [0.05, 0.1) is 39.8 Å². The predicted octanol–water partition coefficient (Wildman–Crippen LogP) is 2.56. The molecular formula is C19H38N3O2+. The van der Waals surface area contributed by atoms with Crippen molar-refractivity contribution in [1.82, 2.24) is 9.80 Å². The zero-order chi connectivity index (χ0) is 18.9. The molecule has 0 aliphatic carbocycles. The molecule has 0 N–H and O–H groups in total. The van der Waals surface area contributed by atoms with Crippen LogP contribution in [0, 0.1) is 10.8 Å². The van der Waals surface area contributed by atoms with Crippen LogP contribution in [0.25, 0.3) is 0 Å². The van der Waals surface area contributed by atoms with Crippen LogP contribution < -0.4 is 0 Å². The van der Waals surface area contributed by atoms with Crippen LogP contribution in [0.3, 0.4) is 0 Å². The van der Waals surface area contributed by atoms with Crippen LogP contribution in [0.4, 0.5) is 0 Å². The summed E-state index contributed by atoms with van der Waals surface area (Å²) in [4.78, 5) is 29.3. The van der Waals surface area contributed by atoms with E-state index in [1.54, 1.807) is 0 Å². The number of carbonyl (C=O) groups excluding carboxylic acids is 2. The molecule has 0 aromatic rings. The van der Waals surface area contributed by atoms with E-state index >= 15 is 0 Å². The summed E-state index contributed by atoms with van der Waals surface area (Å²) in [6.45, 7) is 20.0. The minimum absolute atomic E-state index is 0.103. The molecule has 0 aromatic heterocycles. The summed E-state index contributed by atoms with van der Waals surface area (Å²) in [6, 6.07) is 0. The van der Waals surface area contributed by atoms with Gasteiger partial charge >= 0.3 is 0 Å². The second-order valence-corrected chi connectivity index (χ2v) is 9.16. The highest BCUT2D eigenvalue weighted by Gasteiger charge is 2.52. The third kappa shape index (κ3) is 4.11. The van der Waals surface area contributed by atoms with Gasteiger partial charge in [0.25, 0.3) is 0 Å². The standard InChI is InChI=1S/C17H32N3O2.C2H6/c1-16(2,3)14(21)18-8-10-20(7)11-9-19(13(20)12-18)15(22)17(4,5)6;1-2/h13H,8-12H2,1-7H3;1-2H3/q+1;. The van der Waals surface area contributed by atoms with Crippen LogP contribution in [-0.4, -0.2) is 72.0 Å². The number of hydrogen-bond donors (Lipinski definition) is 0. The van der Waals surface area contributed by atoms with Crippen molar-refractivity contribution < 1.29 is 14.1 Å². The molecule has 5 nitrogen and oxygen atoms in total. The summed E-state index contributed by atoms with van der Waals surface area (Å²) in [5, 5.41) is 0. The Morgan fingerprint density at radius 3 is 1.79 bits per heavy atom. The van der Waals surface area contributed by atoms with Crippen molar-refractivity contribution in [2.75, 3.05) is 39.8 Å². The number of fused-ring (bicyclic) bond motifs is 1. The highest BCUT2D eigenvalue weighted by atomic mass is 16.2. The van der Waals surface area contributed by atoms with Crippen molar-refractivity contribution in [2.24, 2.45) is 10.8 Å². The molecule has 0 spiro atoms. The van der Waals surface area contributed by atoms with Crippen molar-refractivity contribution in [3.63, 3.8) is 0 Å². The quantitative estimate of drug-likeness (QED) is 0.636. The highest BCUT2D eigenvalue weighted by molar-refractivity contribution is 5.83. The van der Waals surface area contributed by atoms with E-state index < -0.39 is 0 Å². The number of likely N-dealkylation sites (N-methyl/N-ethyl adjacent to an activating group) is 1. The normalized spacial score (nSPS) is 27.3. The van der Waals surface area contributed by atoms with Gasteiger partial charge < -0.3 is 9.38 Å². The van der Waals surface area contributed by atoms with Crippen molar-refractivity contribution in [3.05, 3.63) is 0 Å². The Kier molecular flexibility index (Phi) is 6.13. The van der Waals surface area contributed by atoms with Crippen molar-refractivity contribution in [1.29, 1.82) is 0 Å². The zero-order valence-electron chi connectivity index (χ0n) is 17.3. The van der Waals surface area contributed by atoms with Crippen LogP contribution in [-0.2, 0) is 9.59 Å². The molecular weight excluding hydrogens is 302 g/mol. The van der Waals surface area contributed by atoms with Gasteiger partial charge in [-0.15, -0.1) is 0 Å². The van der Waals surface area contributed by atoms with E-state index in [1.807, 2.05) is 65.2 Å². The first kappa shape index (κ1) is 20.9. The summed E-state index contributed by atoms with van der Waals surface area (Å²) < 4.78 is 0.885. The lowest BCUT2D eigenvalue weighted by molar-refractivity contribution is -0.929. The minimum atomic E-state index is -0.370. The van der Waals surface area contributed by atoms with E-state index in [9.17, 15) is 9.59 Å². The van der Waals surface area contributed by atoms with Gasteiger partial charge in [-0.25, -0.2) is 0 Å². The van der Waals surface area contributed by atoms with Crippen LogP contribution >= 0.6 is 0 Å². The highest BCUT2D eigenvalue weighted by Crippen LogP contribution is 2.32. The van der Waals surface area contributed by atoms with Crippen molar-refractivity contribution >= 4 is 11.8 Å². The molecule has 0 radical (unpaired) electrons. The number of hydrogen-bond acceptors (Lipinski definition) is 2. The molecule has 2 unspecified atom stereocenters. The number of rotatable bonds is 0. The SMILES string of the molecule is CC.CC(C)(C)C(=O)N1CC[N+]2(C)CCN(C(=O)C(C)(C)C)C2C1. The average molecular weight is 341 g/mol. The number of carbonyl (C=O) groups is 2. The maximum absolute atomic E-state index is 12.7. The maximum atomic E-state index is 12.7. The molecule has 2 aliphatic heterocycles. The van der Waals surface area contributed by atoms with E-state index in [2.05, 4.69) is 7.05 Å². The second-order valence-electron chi connectivity index (χ2n) is 9.16.